The maximum Gasteiger partial charge on any atom is 0.321 e. The first-order valence-electron chi connectivity index (χ1n) is 3.23. The van der Waals surface area contributed by atoms with Crippen molar-refractivity contribution in [1.29, 1.82) is 0 Å². The van der Waals surface area contributed by atoms with Gasteiger partial charge in [0.1, 0.15) is 4.83 Å². The van der Waals surface area contributed by atoms with Gasteiger partial charge in [-0.15, -0.1) is 0 Å². The van der Waals surface area contributed by atoms with Gasteiger partial charge in [-0.05, 0) is 17.7 Å². The molecule has 1 N–H and O–H groups in total. The molecule has 0 saturated carbocycles. The lowest BCUT2D eigenvalue weighted by molar-refractivity contribution is -0.136. The minimum atomic E-state index is -0.881. The van der Waals surface area contributed by atoms with Crippen LogP contribution in [-0.2, 0) is 4.79 Å². The largest absolute Gasteiger partial charge is 0.480 e. The molecular weight excluding hydrogens is 288 g/mol. The summed E-state index contributed by atoms with van der Waals surface area (Å²) in [6.45, 7) is 0. The normalized spacial score (nSPS) is 12.5. The number of aliphatic carboxylic acids is 1. The van der Waals surface area contributed by atoms with E-state index in [0.29, 0.717) is 0 Å². The molecule has 1 rings (SSSR count). The first kappa shape index (κ1) is 9.74. The number of halogens is 2. The van der Waals surface area contributed by atoms with Crippen molar-refractivity contribution in [2.75, 3.05) is 0 Å². The summed E-state index contributed by atoms with van der Waals surface area (Å²) < 4.78 is 0.880. The van der Waals surface area contributed by atoms with E-state index in [1.165, 1.54) is 0 Å². The highest BCUT2D eigenvalue weighted by atomic mass is 79.9. The lowest BCUT2D eigenvalue weighted by Crippen LogP contribution is -2.03. The Hall–Kier alpha value is -0.350. The molecule has 0 aliphatic rings. The zero-order valence-electron chi connectivity index (χ0n) is 6.00. The minimum absolute atomic E-state index is 0.630. The monoisotopic (exact) mass is 292 g/mol. The second kappa shape index (κ2) is 4.05. The van der Waals surface area contributed by atoms with E-state index in [9.17, 15) is 4.79 Å². The molecule has 2 nitrogen and oxygen atoms in total. The van der Waals surface area contributed by atoms with E-state index >= 15 is 0 Å². The summed E-state index contributed by atoms with van der Waals surface area (Å²) in [5.41, 5.74) is 0.733. The van der Waals surface area contributed by atoms with Crippen LogP contribution in [-0.4, -0.2) is 11.1 Å². The molecule has 0 spiro atoms. The number of carbonyl (C=O) groups is 1. The average molecular weight is 294 g/mol. The van der Waals surface area contributed by atoms with Gasteiger partial charge in [0, 0.05) is 4.47 Å². The van der Waals surface area contributed by atoms with Crippen LogP contribution in [0.25, 0.3) is 0 Å². The molecule has 0 heterocycles. The second-order valence-electron chi connectivity index (χ2n) is 2.26. The molecule has 0 fully saturated rings. The summed E-state index contributed by atoms with van der Waals surface area (Å²) in [7, 11) is 0. The maximum absolute atomic E-state index is 10.5. The third kappa shape index (κ3) is 2.32. The Kier molecular flexibility index (Phi) is 3.29. The summed E-state index contributed by atoms with van der Waals surface area (Å²) in [6.07, 6.45) is 0. The van der Waals surface area contributed by atoms with Crippen LogP contribution < -0.4 is 0 Å². The molecule has 0 amide bonds. The lowest BCUT2D eigenvalue weighted by Gasteiger charge is -2.04. The second-order valence-corrected chi connectivity index (χ2v) is 4.09. The van der Waals surface area contributed by atoms with Crippen molar-refractivity contribution in [2.24, 2.45) is 0 Å². The van der Waals surface area contributed by atoms with Crippen LogP contribution in [0.1, 0.15) is 10.4 Å². The van der Waals surface area contributed by atoms with Crippen LogP contribution >= 0.6 is 31.9 Å². The first-order valence-corrected chi connectivity index (χ1v) is 4.94. The van der Waals surface area contributed by atoms with E-state index in [2.05, 4.69) is 31.9 Å². The predicted molar refractivity (Wildman–Crippen MR) is 53.4 cm³/mol. The van der Waals surface area contributed by atoms with Crippen molar-refractivity contribution >= 4 is 37.8 Å². The van der Waals surface area contributed by atoms with E-state index in [1.807, 2.05) is 6.07 Å². The van der Waals surface area contributed by atoms with Gasteiger partial charge in [-0.3, -0.25) is 4.79 Å². The molecule has 1 aromatic carbocycles. The molecule has 0 aliphatic heterocycles. The Morgan fingerprint density at radius 1 is 1.50 bits per heavy atom. The van der Waals surface area contributed by atoms with Gasteiger partial charge < -0.3 is 5.11 Å². The number of carboxylic acid groups (broad SMARTS) is 1. The number of rotatable bonds is 2. The Balaban J connectivity index is 2.95. The summed E-state index contributed by atoms with van der Waals surface area (Å²) in [6, 6.07) is 7.19. The number of benzene rings is 1. The molecule has 0 saturated heterocycles. The molecule has 12 heavy (non-hydrogen) atoms. The van der Waals surface area contributed by atoms with Crippen LogP contribution in [0.3, 0.4) is 0 Å². The van der Waals surface area contributed by atoms with Gasteiger partial charge in [-0.2, -0.15) is 0 Å². The molecule has 64 valence electrons. The average Bonchev–Trinajstić information content (AvgIpc) is 2.03. The topological polar surface area (TPSA) is 37.3 Å². The van der Waals surface area contributed by atoms with Gasteiger partial charge in [-0.25, -0.2) is 0 Å². The molecule has 0 aromatic heterocycles. The van der Waals surface area contributed by atoms with E-state index in [0.717, 1.165) is 10.0 Å². The van der Waals surface area contributed by atoms with Gasteiger partial charge in [0.05, 0.1) is 0 Å². The van der Waals surface area contributed by atoms with E-state index in [1.54, 1.807) is 18.2 Å². The van der Waals surface area contributed by atoms with Crippen LogP contribution in [0, 0.1) is 0 Å². The molecule has 0 aliphatic carbocycles. The first-order chi connectivity index (χ1) is 5.61. The van der Waals surface area contributed by atoms with Gasteiger partial charge >= 0.3 is 5.97 Å². The Morgan fingerprint density at radius 2 is 2.17 bits per heavy atom. The highest BCUT2D eigenvalue weighted by Crippen LogP contribution is 2.25. The number of carboxylic acids is 1. The van der Waals surface area contributed by atoms with Crippen LogP contribution in [0.2, 0.25) is 0 Å². The molecule has 0 radical (unpaired) electrons. The van der Waals surface area contributed by atoms with Crippen molar-refractivity contribution in [3.63, 3.8) is 0 Å². The van der Waals surface area contributed by atoms with Crippen molar-refractivity contribution in [3.05, 3.63) is 34.3 Å². The molecule has 0 unspecified atom stereocenters. The van der Waals surface area contributed by atoms with Crippen LogP contribution in [0.5, 0.6) is 0 Å². The Morgan fingerprint density at radius 3 is 2.67 bits per heavy atom. The third-order valence-corrected chi connectivity index (χ3v) is 2.77. The highest BCUT2D eigenvalue weighted by Gasteiger charge is 2.14. The van der Waals surface area contributed by atoms with E-state index in [-0.39, 0.29) is 0 Å². The van der Waals surface area contributed by atoms with Gasteiger partial charge in [-0.1, -0.05) is 44.0 Å². The SMILES string of the molecule is O=C(O)[C@H](Br)c1cccc(Br)c1. The Bertz CT molecular complexity index is 299. The fourth-order valence-corrected chi connectivity index (χ4v) is 1.51. The fourth-order valence-electron chi connectivity index (χ4n) is 0.807. The zero-order valence-corrected chi connectivity index (χ0v) is 9.17. The van der Waals surface area contributed by atoms with Gasteiger partial charge in [0.25, 0.3) is 0 Å². The minimum Gasteiger partial charge on any atom is -0.480 e. The van der Waals surface area contributed by atoms with Crippen molar-refractivity contribution in [1.82, 2.24) is 0 Å². The van der Waals surface area contributed by atoms with E-state index < -0.39 is 10.8 Å². The van der Waals surface area contributed by atoms with Crippen molar-refractivity contribution < 1.29 is 9.90 Å². The zero-order chi connectivity index (χ0) is 9.14. The number of hydrogen-bond donors (Lipinski definition) is 1. The van der Waals surface area contributed by atoms with Crippen molar-refractivity contribution in [3.8, 4) is 0 Å². The maximum atomic E-state index is 10.5. The molecule has 4 heteroatoms. The van der Waals surface area contributed by atoms with Crippen LogP contribution in [0.4, 0.5) is 0 Å². The summed E-state index contributed by atoms with van der Waals surface area (Å²) in [5.74, 6) is -0.881. The summed E-state index contributed by atoms with van der Waals surface area (Å²) in [4.78, 5) is 9.92. The molecule has 0 bridgehead atoms. The standard InChI is InChI=1S/C8H6Br2O2/c9-6-3-1-2-5(4-6)7(10)8(11)12/h1-4,7H,(H,11,12)/t7-/m1/s1. The highest BCUT2D eigenvalue weighted by molar-refractivity contribution is 9.10. The van der Waals surface area contributed by atoms with Crippen LogP contribution in [0.15, 0.2) is 28.7 Å². The van der Waals surface area contributed by atoms with Gasteiger partial charge in [0.2, 0.25) is 0 Å². The quantitative estimate of drug-likeness (QED) is 0.851. The third-order valence-electron chi connectivity index (χ3n) is 1.36. The summed E-state index contributed by atoms with van der Waals surface area (Å²) in [5, 5.41) is 8.66. The van der Waals surface area contributed by atoms with E-state index in [4.69, 9.17) is 5.11 Å². The Labute approximate surface area is 86.9 Å². The predicted octanol–water partition coefficient (Wildman–Crippen LogP) is 2.97. The molecular formula is C8H6Br2O2. The number of alkyl halides is 1. The van der Waals surface area contributed by atoms with Crippen molar-refractivity contribution in [2.45, 2.75) is 4.83 Å². The summed E-state index contributed by atoms with van der Waals surface area (Å²) >= 11 is 6.33. The molecule has 1 atom stereocenters. The fraction of sp³-hybridized carbons (Fsp3) is 0.125. The van der Waals surface area contributed by atoms with Gasteiger partial charge in [0.15, 0.2) is 0 Å². The number of hydrogen-bond acceptors (Lipinski definition) is 1. The smallest absolute Gasteiger partial charge is 0.321 e. The molecule has 1 aromatic rings. The lowest BCUT2D eigenvalue weighted by atomic mass is 10.2.